The molecule has 2 aromatic heterocycles. The molecule has 6 rings (SSSR count). The molecule has 2 aliphatic rings. The van der Waals surface area contributed by atoms with Gasteiger partial charge in [0, 0.05) is 55.0 Å². The maximum absolute atomic E-state index is 13.4. The van der Waals surface area contributed by atoms with Crippen LogP contribution in [0.2, 0.25) is 0 Å². The molecule has 1 saturated heterocycles. The van der Waals surface area contributed by atoms with Crippen LogP contribution in [0, 0.1) is 0 Å². The molecular formula is C26H23N5O3. The number of para-hydroxylation sites is 1. The van der Waals surface area contributed by atoms with Crippen LogP contribution in [0.25, 0.3) is 10.9 Å². The predicted molar refractivity (Wildman–Crippen MR) is 128 cm³/mol. The van der Waals surface area contributed by atoms with Crippen LogP contribution in [0.1, 0.15) is 39.1 Å². The minimum atomic E-state index is -0.442. The highest BCUT2D eigenvalue weighted by Gasteiger charge is 2.48. The second-order valence-electron chi connectivity index (χ2n) is 8.74. The number of amides is 2. The summed E-state index contributed by atoms with van der Waals surface area (Å²) in [6.07, 6.45) is 5.24. The number of rotatable bonds is 4. The van der Waals surface area contributed by atoms with Crippen molar-refractivity contribution in [2.45, 2.75) is 25.4 Å². The Bertz CT molecular complexity index is 1470. The van der Waals surface area contributed by atoms with Crippen LogP contribution < -0.4 is 10.5 Å². The number of H-pyrrole nitrogens is 1. The zero-order valence-corrected chi connectivity index (χ0v) is 18.6. The number of aromatic nitrogens is 3. The van der Waals surface area contributed by atoms with Crippen LogP contribution in [0.5, 0.6) is 0 Å². The van der Waals surface area contributed by atoms with Crippen LogP contribution in [0.3, 0.4) is 0 Å². The monoisotopic (exact) mass is 453 g/mol. The Morgan fingerprint density at radius 3 is 2.41 bits per heavy atom. The summed E-state index contributed by atoms with van der Waals surface area (Å²) in [5.74, 6) is -0.420. The van der Waals surface area contributed by atoms with E-state index in [2.05, 4.69) is 9.97 Å². The Morgan fingerprint density at radius 1 is 0.971 bits per heavy atom. The summed E-state index contributed by atoms with van der Waals surface area (Å²) in [6.45, 7) is 3.25. The molecule has 8 heteroatoms. The zero-order valence-electron chi connectivity index (χ0n) is 18.6. The second kappa shape index (κ2) is 7.69. The van der Waals surface area contributed by atoms with Gasteiger partial charge in [-0.1, -0.05) is 30.3 Å². The van der Waals surface area contributed by atoms with Crippen molar-refractivity contribution in [3.05, 3.63) is 94.2 Å². The van der Waals surface area contributed by atoms with Gasteiger partial charge >= 0.3 is 0 Å². The summed E-state index contributed by atoms with van der Waals surface area (Å²) < 4.78 is 1.61. The molecule has 1 N–H and O–H groups in total. The maximum Gasteiger partial charge on any atom is 0.293 e. The first-order valence-corrected chi connectivity index (χ1v) is 11.4. The van der Waals surface area contributed by atoms with Crippen molar-refractivity contribution in [3.63, 3.8) is 0 Å². The first-order valence-electron chi connectivity index (χ1n) is 11.4. The molecule has 2 aliphatic heterocycles. The Labute approximate surface area is 195 Å². The van der Waals surface area contributed by atoms with Gasteiger partial charge in [0.2, 0.25) is 0 Å². The topological polar surface area (TPSA) is 91.3 Å². The van der Waals surface area contributed by atoms with E-state index in [0.717, 1.165) is 16.5 Å². The van der Waals surface area contributed by atoms with Gasteiger partial charge in [0.15, 0.2) is 5.82 Å². The van der Waals surface area contributed by atoms with E-state index >= 15 is 0 Å². The Hall–Kier alpha value is -4.20. The molecule has 4 heterocycles. The highest BCUT2D eigenvalue weighted by atomic mass is 16.2. The van der Waals surface area contributed by atoms with Crippen LogP contribution in [0.4, 0.5) is 5.82 Å². The first-order chi connectivity index (χ1) is 16.6. The number of anilines is 1. The number of aryl methyl sites for hydroxylation is 1. The van der Waals surface area contributed by atoms with E-state index in [1.807, 2.05) is 42.3 Å². The molecule has 2 amide bonds. The summed E-state index contributed by atoms with van der Waals surface area (Å²) in [7, 11) is 0. The number of imide groups is 1. The second-order valence-corrected chi connectivity index (χ2v) is 8.74. The van der Waals surface area contributed by atoms with Gasteiger partial charge in [-0.25, -0.2) is 4.98 Å². The quantitative estimate of drug-likeness (QED) is 0.480. The fourth-order valence-electron chi connectivity index (χ4n) is 5.34. The lowest BCUT2D eigenvalue weighted by Gasteiger charge is -2.26. The molecule has 2 aromatic carbocycles. The van der Waals surface area contributed by atoms with Gasteiger partial charge in [-0.3, -0.25) is 19.3 Å². The smallest absolute Gasteiger partial charge is 0.293 e. The molecule has 8 nitrogen and oxygen atoms in total. The number of fused-ring (bicyclic) bond motifs is 2. The van der Waals surface area contributed by atoms with E-state index in [1.165, 1.54) is 4.90 Å². The molecule has 0 bridgehead atoms. The number of aromatic amines is 1. The predicted octanol–water partition coefficient (Wildman–Crippen LogP) is 3.01. The maximum atomic E-state index is 13.4. The Morgan fingerprint density at radius 2 is 1.68 bits per heavy atom. The fraction of sp³-hybridized carbons (Fsp3) is 0.231. The number of carbonyl (C=O) groups excluding carboxylic acids is 2. The van der Waals surface area contributed by atoms with Crippen molar-refractivity contribution >= 4 is 28.5 Å². The molecule has 0 saturated carbocycles. The van der Waals surface area contributed by atoms with Gasteiger partial charge in [0.25, 0.3) is 17.4 Å². The minimum absolute atomic E-state index is 0.175. The Kier molecular flexibility index (Phi) is 4.62. The zero-order chi connectivity index (χ0) is 23.4. The minimum Gasteiger partial charge on any atom is -0.361 e. The van der Waals surface area contributed by atoms with E-state index in [9.17, 15) is 14.4 Å². The number of benzene rings is 2. The molecular weight excluding hydrogens is 430 g/mol. The summed E-state index contributed by atoms with van der Waals surface area (Å²) in [5, 5.41) is 1.04. The lowest BCUT2D eigenvalue weighted by molar-refractivity contribution is 0.0586. The van der Waals surface area contributed by atoms with Crippen molar-refractivity contribution < 1.29 is 9.59 Å². The van der Waals surface area contributed by atoms with Gasteiger partial charge in [0.1, 0.15) is 0 Å². The van der Waals surface area contributed by atoms with Crippen molar-refractivity contribution in [2.75, 3.05) is 18.0 Å². The normalized spacial score (nSPS) is 19.9. The molecule has 0 unspecified atom stereocenters. The molecule has 2 atom stereocenters. The number of nitrogens with zero attached hydrogens (tertiary/aromatic N) is 4. The van der Waals surface area contributed by atoms with E-state index in [-0.39, 0.29) is 23.3 Å². The van der Waals surface area contributed by atoms with Crippen LogP contribution in [0.15, 0.2) is 71.9 Å². The summed E-state index contributed by atoms with van der Waals surface area (Å²) in [5.41, 5.74) is 2.69. The fourth-order valence-corrected chi connectivity index (χ4v) is 5.34. The molecule has 170 valence electrons. The number of hydrogen-bond acceptors (Lipinski definition) is 5. The summed E-state index contributed by atoms with van der Waals surface area (Å²) in [6, 6.07) is 14.5. The van der Waals surface area contributed by atoms with Gasteiger partial charge in [-0.15, -0.1) is 0 Å². The summed E-state index contributed by atoms with van der Waals surface area (Å²) >= 11 is 0. The van der Waals surface area contributed by atoms with Crippen molar-refractivity contribution in [1.29, 1.82) is 0 Å². The third-order valence-electron chi connectivity index (χ3n) is 7.00. The van der Waals surface area contributed by atoms with Gasteiger partial charge in [-0.2, -0.15) is 0 Å². The largest absolute Gasteiger partial charge is 0.361 e. The number of hydrogen-bond donors (Lipinski definition) is 1. The molecule has 1 fully saturated rings. The van der Waals surface area contributed by atoms with Crippen LogP contribution >= 0.6 is 0 Å². The van der Waals surface area contributed by atoms with E-state index in [0.29, 0.717) is 36.6 Å². The third kappa shape index (κ3) is 2.91. The van der Waals surface area contributed by atoms with Gasteiger partial charge in [-0.05, 0) is 30.7 Å². The molecule has 0 aliphatic carbocycles. The molecule has 34 heavy (non-hydrogen) atoms. The summed E-state index contributed by atoms with van der Waals surface area (Å²) in [4.78, 5) is 50.8. The van der Waals surface area contributed by atoms with E-state index in [1.54, 1.807) is 41.2 Å². The van der Waals surface area contributed by atoms with Crippen LogP contribution in [-0.2, 0) is 6.54 Å². The standard InChI is InChI=1S/C26H23N5O3/c1-2-29-12-11-27-23(26(29)34)30-14-20(19-13-28-21-10-6-5-7-16(19)21)22(15-30)31-24(32)17-8-3-4-9-18(17)25(31)33/h3-13,20,22,28H,2,14-15H2,1H3/t20-,22-/m1/s1. The first kappa shape index (κ1) is 20.4. The average molecular weight is 454 g/mol. The lowest BCUT2D eigenvalue weighted by Crippen LogP contribution is -2.44. The molecule has 4 aromatic rings. The number of nitrogens with one attached hydrogen (secondary N) is 1. The third-order valence-corrected chi connectivity index (χ3v) is 7.00. The van der Waals surface area contributed by atoms with Crippen LogP contribution in [-0.4, -0.2) is 50.4 Å². The van der Waals surface area contributed by atoms with E-state index < -0.39 is 6.04 Å². The highest BCUT2D eigenvalue weighted by Crippen LogP contribution is 2.39. The lowest BCUT2D eigenvalue weighted by atomic mass is 9.93. The van der Waals surface area contributed by atoms with Gasteiger partial charge in [0.05, 0.1) is 17.2 Å². The van der Waals surface area contributed by atoms with Crippen molar-refractivity contribution in [1.82, 2.24) is 19.4 Å². The molecule has 0 spiro atoms. The van der Waals surface area contributed by atoms with E-state index in [4.69, 9.17) is 0 Å². The van der Waals surface area contributed by atoms with Crippen molar-refractivity contribution in [2.24, 2.45) is 0 Å². The highest BCUT2D eigenvalue weighted by molar-refractivity contribution is 6.21. The Balaban J connectivity index is 1.46. The van der Waals surface area contributed by atoms with Gasteiger partial charge < -0.3 is 14.5 Å². The number of carbonyl (C=O) groups is 2. The SMILES string of the molecule is CCn1ccnc(N2C[C@H](c3c[nH]c4ccccc34)[C@H](N3C(=O)c4ccccc4C3=O)C2)c1=O. The molecule has 0 radical (unpaired) electrons. The van der Waals surface area contributed by atoms with Crippen molar-refractivity contribution in [3.8, 4) is 0 Å². The average Bonchev–Trinajstić information content (AvgIpc) is 3.54.